The molecule has 1 saturated carbocycles. The van der Waals surface area contributed by atoms with E-state index >= 15 is 0 Å². The van der Waals surface area contributed by atoms with E-state index in [0.29, 0.717) is 5.56 Å². The molecule has 1 aliphatic rings. The number of carbonyl (C=O) groups excluding carboxylic acids is 1. The van der Waals surface area contributed by atoms with E-state index in [9.17, 15) is 31.9 Å². The van der Waals surface area contributed by atoms with Gasteiger partial charge in [0.05, 0.1) is 24.0 Å². The van der Waals surface area contributed by atoms with E-state index in [0.717, 1.165) is 12.1 Å². The first-order valence-electron chi connectivity index (χ1n) is 7.65. The van der Waals surface area contributed by atoms with E-state index in [-0.39, 0.29) is 12.8 Å². The number of aliphatic hydroxyl groups excluding tert-OH is 1. The number of rotatable bonds is 7. The van der Waals surface area contributed by atoms with Crippen molar-refractivity contribution < 1.29 is 36.6 Å². The third-order valence-corrected chi connectivity index (χ3v) is 4.27. The van der Waals surface area contributed by atoms with Gasteiger partial charge in [-0.05, 0) is 37.5 Å². The fourth-order valence-electron chi connectivity index (χ4n) is 2.58. The van der Waals surface area contributed by atoms with E-state index in [2.05, 4.69) is 10.1 Å². The smallest absolute Gasteiger partial charge is 0.406 e. The van der Waals surface area contributed by atoms with E-state index in [1.807, 2.05) is 0 Å². The van der Waals surface area contributed by atoms with Gasteiger partial charge in [-0.15, -0.1) is 13.2 Å². The average Bonchev–Trinajstić information content (AvgIpc) is 3.27. The lowest BCUT2D eigenvalue weighted by molar-refractivity contribution is -0.274. The number of hydrogen-bond donors (Lipinski definition) is 2. The highest BCUT2D eigenvalue weighted by Gasteiger charge is 2.56. The van der Waals surface area contributed by atoms with E-state index in [1.165, 1.54) is 19.1 Å². The highest BCUT2D eigenvalue weighted by Crippen LogP contribution is 2.54. The van der Waals surface area contributed by atoms with E-state index in [1.54, 1.807) is 0 Å². The number of hydrogen-bond acceptors (Lipinski definition) is 3. The van der Waals surface area contributed by atoms with Crippen LogP contribution in [0.3, 0.4) is 0 Å². The van der Waals surface area contributed by atoms with Gasteiger partial charge in [-0.3, -0.25) is 4.79 Å². The molecule has 1 aliphatic carbocycles. The summed E-state index contributed by atoms with van der Waals surface area (Å²) in [6.07, 6.45) is -9.17. The van der Waals surface area contributed by atoms with Gasteiger partial charge in [0.1, 0.15) is 5.75 Å². The minimum Gasteiger partial charge on any atom is -0.406 e. The molecule has 25 heavy (non-hydrogen) atoms. The maximum Gasteiger partial charge on any atom is 0.573 e. The normalized spacial score (nSPS) is 18.6. The summed E-state index contributed by atoms with van der Waals surface area (Å²) < 4.78 is 66.3. The van der Waals surface area contributed by atoms with Gasteiger partial charge in [-0.2, -0.15) is 0 Å². The van der Waals surface area contributed by atoms with Gasteiger partial charge in [-0.1, -0.05) is 12.1 Å². The number of amides is 1. The molecule has 0 aromatic heterocycles. The summed E-state index contributed by atoms with van der Waals surface area (Å²) in [5.74, 6) is -1.09. The minimum atomic E-state index is -4.83. The Morgan fingerprint density at radius 3 is 2.52 bits per heavy atom. The molecule has 4 nitrogen and oxygen atoms in total. The van der Waals surface area contributed by atoms with Gasteiger partial charge in [-0.25, -0.2) is 8.78 Å². The van der Waals surface area contributed by atoms with Crippen molar-refractivity contribution in [3.05, 3.63) is 29.8 Å². The number of benzene rings is 1. The van der Waals surface area contributed by atoms with Crippen LogP contribution in [0.5, 0.6) is 5.75 Å². The van der Waals surface area contributed by atoms with Crippen LogP contribution in [0, 0.1) is 5.41 Å². The van der Waals surface area contributed by atoms with Crippen LogP contribution in [0.2, 0.25) is 0 Å². The highest BCUT2D eigenvalue weighted by molar-refractivity contribution is 5.77. The summed E-state index contributed by atoms with van der Waals surface area (Å²) in [5, 5.41) is 12.3. The van der Waals surface area contributed by atoms with Crippen LogP contribution in [0.4, 0.5) is 22.0 Å². The number of aliphatic hydroxyl groups is 1. The molecule has 0 heterocycles. The average molecular weight is 367 g/mol. The Balaban J connectivity index is 1.94. The Morgan fingerprint density at radius 1 is 1.36 bits per heavy atom. The Labute approximate surface area is 141 Å². The first kappa shape index (κ1) is 19.4. The van der Waals surface area contributed by atoms with Gasteiger partial charge in [0.25, 0.3) is 0 Å². The van der Waals surface area contributed by atoms with Crippen LogP contribution in [0.25, 0.3) is 0 Å². The van der Waals surface area contributed by atoms with Crippen molar-refractivity contribution in [3.63, 3.8) is 0 Å². The monoisotopic (exact) mass is 367 g/mol. The predicted octanol–water partition coefficient (Wildman–Crippen LogP) is 3.56. The molecule has 1 aromatic carbocycles. The SMILES string of the molecule is CC(NC(=O)CC(O)C1(C(F)F)CC1)c1cccc(OC(F)(F)F)c1. The molecular formula is C16H18F5NO3. The minimum absolute atomic E-state index is 0.158. The molecule has 1 fully saturated rings. The Kier molecular flexibility index (Phi) is 5.55. The van der Waals surface area contributed by atoms with Crippen molar-refractivity contribution >= 4 is 5.91 Å². The van der Waals surface area contributed by atoms with Crippen molar-refractivity contribution in [2.45, 2.75) is 51.1 Å². The highest BCUT2D eigenvalue weighted by atomic mass is 19.4. The standard InChI is InChI=1S/C16H18F5NO3/c1-9(10-3-2-4-11(7-10)25-16(19,20)21)22-13(24)8-12(23)15(5-6-15)14(17)18/h2-4,7,9,12,14,23H,5-6,8H2,1H3,(H,22,24). The Bertz CT molecular complexity index is 616. The van der Waals surface area contributed by atoms with Crippen LogP contribution >= 0.6 is 0 Å². The zero-order valence-corrected chi connectivity index (χ0v) is 13.3. The summed E-state index contributed by atoms with van der Waals surface area (Å²) in [7, 11) is 0. The van der Waals surface area contributed by atoms with Crippen LogP contribution in [-0.4, -0.2) is 29.9 Å². The molecule has 0 spiro atoms. The summed E-state index contributed by atoms with van der Waals surface area (Å²) in [6.45, 7) is 1.52. The summed E-state index contributed by atoms with van der Waals surface area (Å²) in [6, 6.07) is 4.39. The molecule has 1 amide bonds. The molecule has 2 N–H and O–H groups in total. The fraction of sp³-hybridized carbons (Fsp3) is 0.562. The van der Waals surface area contributed by atoms with Crippen LogP contribution < -0.4 is 10.1 Å². The van der Waals surface area contributed by atoms with Crippen molar-refractivity contribution in [1.29, 1.82) is 0 Å². The molecule has 2 unspecified atom stereocenters. The molecule has 0 saturated heterocycles. The van der Waals surface area contributed by atoms with Crippen molar-refractivity contribution in [2.24, 2.45) is 5.41 Å². The summed E-state index contributed by atoms with van der Waals surface area (Å²) >= 11 is 0. The number of carbonyl (C=O) groups is 1. The van der Waals surface area contributed by atoms with Gasteiger partial charge in [0.2, 0.25) is 12.3 Å². The van der Waals surface area contributed by atoms with E-state index in [4.69, 9.17) is 0 Å². The molecule has 0 aliphatic heterocycles. The van der Waals surface area contributed by atoms with Crippen LogP contribution in [0.1, 0.15) is 37.8 Å². The molecule has 140 valence electrons. The van der Waals surface area contributed by atoms with Crippen LogP contribution in [-0.2, 0) is 4.79 Å². The number of ether oxygens (including phenoxy) is 1. The van der Waals surface area contributed by atoms with Crippen molar-refractivity contribution in [1.82, 2.24) is 5.32 Å². The first-order chi connectivity index (χ1) is 11.5. The Hall–Kier alpha value is -1.90. The maximum absolute atomic E-state index is 12.9. The molecule has 0 radical (unpaired) electrons. The lowest BCUT2D eigenvalue weighted by atomic mass is 9.96. The van der Waals surface area contributed by atoms with Gasteiger partial charge >= 0.3 is 6.36 Å². The summed E-state index contributed by atoms with van der Waals surface area (Å²) in [4.78, 5) is 11.9. The lowest BCUT2D eigenvalue weighted by Crippen LogP contribution is -2.36. The number of alkyl halides is 5. The third-order valence-electron chi connectivity index (χ3n) is 4.27. The van der Waals surface area contributed by atoms with Gasteiger partial charge in [0.15, 0.2) is 0 Å². The largest absolute Gasteiger partial charge is 0.573 e. The second-order valence-corrected chi connectivity index (χ2v) is 6.16. The van der Waals surface area contributed by atoms with Gasteiger partial charge in [0, 0.05) is 0 Å². The lowest BCUT2D eigenvalue weighted by Gasteiger charge is -2.22. The quantitative estimate of drug-likeness (QED) is 0.725. The number of nitrogens with one attached hydrogen (secondary N) is 1. The van der Waals surface area contributed by atoms with Crippen LogP contribution in [0.15, 0.2) is 24.3 Å². The maximum atomic E-state index is 12.9. The van der Waals surface area contributed by atoms with Crippen molar-refractivity contribution in [3.8, 4) is 5.75 Å². The van der Waals surface area contributed by atoms with Gasteiger partial charge < -0.3 is 15.2 Å². The van der Waals surface area contributed by atoms with E-state index < -0.39 is 48.4 Å². The topological polar surface area (TPSA) is 58.6 Å². The predicted molar refractivity (Wildman–Crippen MR) is 78.0 cm³/mol. The number of halogens is 5. The Morgan fingerprint density at radius 2 is 2.00 bits per heavy atom. The molecule has 2 rings (SSSR count). The molecule has 0 bridgehead atoms. The zero-order chi connectivity index (χ0) is 18.8. The second kappa shape index (κ2) is 7.15. The molecular weight excluding hydrogens is 349 g/mol. The third kappa shape index (κ3) is 5.04. The van der Waals surface area contributed by atoms with Crippen molar-refractivity contribution in [2.75, 3.05) is 0 Å². The molecule has 9 heteroatoms. The fourth-order valence-corrected chi connectivity index (χ4v) is 2.58. The summed E-state index contributed by atoms with van der Waals surface area (Å²) in [5.41, 5.74) is -1.17. The molecule has 2 atom stereocenters. The first-order valence-corrected chi connectivity index (χ1v) is 7.65. The molecule has 1 aromatic rings. The zero-order valence-electron chi connectivity index (χ0n) is 13.3. The second-order valence-electron chi connectivity index (χ2n) is 6.16.